The predicted octanol–water partition coefficient (Wildman–Crippen LogP) is 6.11. The van der Waals surface area contributed by atoms with E-state index in [0.717, 1.165) is 12.8 Å². The van der Waals surface area contributed by atoms with Gasteiger partial charge in [0.1, 0.15) is 0 Å². The van der Waals surface area contributed by atoms with E-state index in [1.54, 1.807) is 0 Å². The van der Waals surface area contributed by atoms with Crippen LogP contribution in [0.3, 0.4) is 0 Å². The van der Waals surface area contributed by atoms with Gasteiger partial charge in [0.2, 0.25) is 0 Å². The molecule has 0 atom stereocenters. The second-order valence-electron chi connectivity index (χ2n) is 4.77. The summed E-state index contributed by atoms with van der Waals surface area (Å²) in [6.45, 7) is 12.9. The summed E-state index contributed by atoms with van der Waals surface area (Å²) in [4.78, 5) is 0. The normalized spacial score (nSPS) is 16.5. The fourth-order valence-electron chi connectivity index (χ4n) is 1.70. The van der Waals surface area contributed by atoms with E-state index in [1.807, 2.05) is 0 Å². The number of allylic oxidation sites excluding steroid dienone is 8. The third-order valence-corrected chi connectivity index (χ3v) is 3.64. The molecule has 2 aliphatic carbocycles. The number of rotatable bonds is 0. The SMILES string of the molecule is Br.Br.CC1=[C-]CC(C)=C1C.CC1=[C-]CC(C)=C1C.[Hf]. The van der Waals surface area contributed by atoms with Crippen molar-refractivity contribution in [2.75, 3.05) is 0 Å². The molecule has 0 fully saturated rings. The Morgan fingerprint density at radius 2 is 0.895 bits per heavy atom. The molecule has 19 heavy (non-hydrogen) atoms. The van der Waals surface area contributed by atoms with Crippen molar-refractivity contribution in [2.24, 2.45) is 0 Å². The van der Waals surface area contributed by atoms with Gasteiger partial charge in [-0.15, -0.1) is 60.7 Å². The van der Waals surface area contributed by atoms with Gasteiger partial charge in [-0.25, -0.2) is 11.1 Å². The molecule has 0 saturated carbocycles. The van der Waals surface area contributed by atoms with Gasteiger partial charge in [0.25, 0.3) is 0 Å². The van der Waals surface area contributed by atoms with Crippen molar-refractivity contribution in [1.29, 1.82) is 0 Å². The van der Waals surface area contributed by atoms with Crippen LogP contribution in [-0.4, -0.2) is 0 Å². The molecule has 108 valence electrons. The van der Waals surface area contributed by atoms with E-state index >= 15 is 0 Å². The maximum atomic E-state index is 3.26. The van der Waals surface area contributed by atoms with Crippen LogP contribution >= 0.6 is 34.0 Å². The van der Waals surface area contributed by atoms with Gasteiger partial charge in [-0.2, -0.15) is 22.3 Å². The average molecular weight is 555 g/mol. The van der Waals surface area contributed by atoms with Crippen molar-refractivity contribution < 1.29 is 25.8 Å². The molecule has 0 nitrogen and oxygen atoms in total. The van der Waals surface area contributed by atoms with E-state index in [9.17, 15) is 0 Å². The summed E-state index contributed by atoms with van der Waals surface area (Å²) in [5.74, 6) is 0. The molecule has 0 spiro atoms. The molecule has 0 aromatic rings. The largest absolute Gasteiger partial charge is 0.269 e. The van der Waals surface area contributed by atoms with Crippen molar-refractivity contribution in [2.45, 2.75) is 54.4 Å². The van der Waals surface area contributed by atoms with Crippen LogP contribution in [0.2, 0.25) is 0 Å². The summed E-state index contributed by atoms with van der Waals surface area (Å²) >= 11 is 0. The van der Waals surface area contributed by atoms with Gasteiger partial charge in [-0.3, -0.25) is 12.2 Å². The van der Waals surface area contributed by atoms with E-state index in [0.29, 0.717) is 0 Å². The Kier molecular flexibility index (Phi) is 14.9. The molecule has 0 aromatic heterocycles. The Balaban J connectivity index is -0.000000233. The molecule has 0 saturated heterocycles. The van der Waals surface area contributed by atoms with Crippen molar-refractivity contribution >= 4 is 34.0 Å². The third-order valence-electron chi connectivity index (χ3n) is 3.64. The van der Waals surface area contributed by atoms with Gasteiger partial charge in [0, 0.05) is 25.8 Å². The first-order valence-corrected chi connectivity index (χ1v) is 5.91. The zero-order valence-corrected chi connectivity index (χ0v) is 19.7. The molecule has 0 heterocycles. The molecule has 0 radical (unpaired) electrons. The van der Waals surface area contributed by atoms with Crippen LogP contribution in [0.1, 0.15) is 54.4 Å². The van der Waals surface area contributed by atoms with Crippen molar-refractivity contribution in [3.8, 4) is 0 Å². The summed E-state index contributed by atoms with van der Waals surface area (Å²) in [5, 5.41) is 0. The maximum Gasteiger partial charge on any atom is 0 e. The van der Waals surface area contributed by atoms with Crippen LogP contribution < -0.4 is 0 Å². The molecule has 0 N–H and O–H groups in total. The number of hydrogen-bond acceptors (Lipinski definition) is 0. The van der Waals surface area contributed by atoms with Crippen molar-refractivity contribution in [3.05, 3.63) is 45.6 Å². The molecule has 0 amide bonds. The Labute approximate surface area is 158 Å². The first-order valence-electron chi connectivity index (χ1n) is 5.91. The maximum absolute atomic E-state index is 3.26. The van der Waals surface area contributed by atoms with E-state index in [4.69, 9.17) is 0 Å². The van der Waals surface area contributed by atoms with Gasteiger partial charge in [-0.1, -0.05) is 27.7 Å². The Hall–Kier alpha value is 0.790. The molecular weight excluding hydrogens is 530 g/mol. The van der Waals surface area contributed by atoms with E-state index in [2.05, 4.69) is 53.7 Å². The van der Waals surface area contributed by atoms with Crippen LogP contribution in [0, 0.1) is 12.2 Å². The van der Waals surface area contributed by atoms with Crippen LogP contribution in [0.5, 0.6) is 0 Å². The van der Waals surface area contributed by atoms with Gasteiger partial charge < -0.3 is 0 Å². The van der Waals surface area contributed by atoms with Crippen molar-refractivity contribution in [3.63, 3.8) is 0 Å². The molecular formula is C16H24Br2Hf-2. The molecule has 2 aliphatic rings. The van der Waals surface area contributed by atoms with E-state index in [-0.39, 0.29) is 59.8 Å². The summed E-state index contributed by atoms with van der Waals surface area (Å²) in [6.07, 6.45) is 8.63. The second kappa shape index (κ2) is 11.4. The monoisotopic (exact) mass is 554 g/mol. The number of halogens is 2. The van der Waals surface area contributed by atoms with Gasteiger partial charge in [0.15, 0.2) is 0 Å². The minimum atomic E-state index is 0. The topological polar surface area (TPSA) is 0 Å². The molecule has 0 bridgehead atoms. The molecule has 3 heteroatoms. The zero-order valence-electron chi connectivity index (χ0n) is 12.7. The Bertz CT molecular complexity index is 361. The van der Waals surface area contributed by atoms with Crippen LogP contribution in [-0.2, 0) is 25.8 Å². The van der Waals surface area contributed by atoms with E-state index < -0.39 is 0 Å². The Morgan fingerprint density at radius 3 is 0.947 bits per heavy atom. The quantitative estimate of drug-likeness (QED) is 0.251. The first-order chi connectivity index (χ1) is 7.43. The third kappa shape index (κ3) is 7.38. The summed E-state index contributed by atoms with van der Waals surface area (Å²) in [5.41, 5.74) is 8.49. The Morgan fingerprint density at radius 1 is 0.632 bits per heavy atom. The standard InChI is InChI=1S/2C8H11.2BrH.Hf/c2*1-6-4-5-7(2)8(6)3;;;/h2*4H2,1-3H3;2*1H;/q2*-1;;;. The minimum Gasteiger partial charge on any atom is -0.269 e. The average Bonchev–Trinajstić information content (AvgIpc) is 2.70. The summed E-state index contributed by atoms with van der Waals surface area (Å²) in [7, 11) is 0. The van der Waals surface area contributed by atoms with Crippen molar-refractivity contribution in [1.82, 2.24) is 0 Å². The first kappa shape index (κ1) is 24.8. The molecule has 0 aliphatic heterocycles. The zero-order chi connectivity index (χ0) is 12.3. The van der Waals surface area contributed by atoms with Gasteiger partial charge in [-0.05, 0) is 0 Å². The van der Waals surface area contributed by atoms with Crippen LogP contribution in [0.4, 0.5) is 0 Å². The second-order valence-corrected chi connectivity index (χ2v) is 4.77. The van der Waals surface area contributed by atoms with Gasteiger partial charge >= 0.3 is 0 Å². The fourth-order valence-corrected chi connectivity index (χ4v) is 1.70. The van der Waals surface area contributed by atoms with Crippen LogP contribution in [0.15, 0.2) is 33.4 Å². The summed E-state index contributed by atoms with van der Waals surface area (Å²) in [6, 6.07) is 0. The fraction of sp³-hybridized carbons (Fsp3) is 0.500. The van der Waals surface area contributed by atoms with Gasteiger partial charge in [0.05, 0.1) is 0 Å². The minimum absolute atomic E-state index is 0. The molecule has 0 unspecified atom stereocenters. The molecule has 0 aromatic carbocycles. The predicted molar refractivity (Wildman–Crippen MR) is 91.5 cm³/mol. The van der Waals surface area contributed by atoms with E-state index in [1.165, 1.54) is 33.4 Å². The smallest absolute Gasteiger partial charge is 0 e. The summed E-state index contributed by atoms with van der Waals surface area (Å²) < 4.78 is 0. The molecule has 2 rings (SSSR count). The number of hydrogen-bond donors (Lipinski definition) is 0. The van der Waals surface area contributed by atoms with Crippen LogP contribution in [0.25, 0.3) is 0 Å².